The van der Waals surface area contributed by atoms with Gasteiger partial charge in [0.15, 0.2) is 9.84 Å². The first-order chi connectivity index (χ1) is 12.0. The zero-order valence-corrected chi connectivity index (χ0v) is 17.3. The molecule has 2 aliphatic carbocycles. The minimum Gasteiger partial charge on any atom is -0.481 e. The fourth-order valence-corrected chi connectivity index (χ4v) is 7.76. The van der Waals surface area contributed by atoms with Crippen LogP contribution in [0.15, 0.2) is 0 Å². The smallest absolute Gasteiger partial charge is 0.306 e. The molecular weight excluding hydrogens is 350 g/mol. The van der Waals surface area contributed by atoms with Gasteiger partial charge in [0.25, 0.3) is 0 Å². The van der Waals surface area contributed by atoms with Crippen LogP contribution < -0.4 is 5.32 Å². The Kier molecular flexibility index (Phi) is 5.48. The first kappa shape index (κ1) is 20.1. The van der Waals surface area contributed by atoms with E-state index in [1.807, 2.05) is 0 Å². The highest BCUT2D eigenvalue weighted by Crippen LogP contribution is 2.50. The van der Waals surface area contributed by atoms with Gasteiger partial charge in [-0.05, 0) is 75.2 Å². The largest absolute Gasteiger partial charge is 0.481 e. The highest BCUT2D eigenvalue weighted by Gasteiger charge is 2.58. The molecule has 0 aromatic rings. The summed E-state index contributed by atoms with van der Waals surface area (Å²) >= 11 is 0. The van der Waals surface area contributed by atoms with E-state index >= 15 is 0 Å². The van der Waals surface area contributed by atoms with Gasteiger partial charge in [-0.15, -0.1) is 0 Å². The van der Waals surface area contributed by atoms with Crippen molar-refractivity contribution in [2.24, 2.45) is 23.2 Å². The molecule has 1 saturated heterocycles. The van der Waals surface area contributed by atoms with E-state index in [0.717, 1.165) is 12.5 Å². The number of sulfone groups is 1. The molecule has 3 rings (SSSR count). The molecule has 3 aliphatic rings. The van der Waals surface area contributed by atoms with Gasteiger partial charge in [0.2, 0.25) is 0 Å². The first-order valence-corrected chi connectivity index (χ1v) is 11.9. The summed E-state index contributed by atoms with van der Waals surface area (Å²) in [5.74, 6) is 0.377. The molecule has 0 aromatic carbocycles. The minimum absolute atomic E-state index is 0.202. The Labute approximate surface area is 158 Å². The van der Waals surface area contributed by atoms with Crippen LogP contribution in [0.5, 0.6) is 0 Å². The third kappa shape index (κ3) is 3.96. The molecule has 150 valence electrons. The summed E-state index contributed by atoms with van der Waals surface area (Å²) in [4.78, 5) is 11.1. The third-order valence-corrected chi connectivity index (χ3v) is 9.96. The number of carbonyl (C=O) groups is 1. The second kappa shape index (κ2) is 7.08. The molecule has 0 radical (unpaired) electrons. The summed E-state index contributed by atoms with van der Waals surface area (Å²) in [5.41, 5.74) is 0.396. The number of hydrogen-bond donors (Lipinski definition) is 2. The lowest BCUT2D eigenvalue weighted by atomic mass is 9.69. The second-order valence-corrected chi connectivity index (χ2v) is 12.6. The number of rotatable bonds is 4. The molecule has 2 saturated carbocycles. The number of hydrogen-bond acceptors (Lipinski definition) is 4. The van der Waals surface area contributed by atoms with Gasteiger partial charge in [0.1, 0.15) is 0 Å². The zero-order chi connectivity index (χ0) is 19.2. The Bertz CT molecular complexity index is 623. The molecule has 1 atom stereocenters. The molecule has 3 fully saturated rings. The number of carboxylic acids is 1. The first-order valence-electron chi connectivity index (χ1n) is 10.2. The minimum atomic E-state index is -3.16. The fraction of sp³-hybridized carbons (Fsp3) is 0.950. The van der Waals surface area contributed by atoms with Crippen LogP contribution in [0.3, 0.4) is 0 Å². The highest BCUT2D eigenvalue weighted by atomic mass is 32.2. The Morgan fingerprint density at radius 3 is 2.23 bits per heavy atom. The van der Waals surface area contributed by atoms with Crippen molar-refractivity contribution in [3.8, 4) is 0 Å². The van der Waals surface area contributed by atoms with Crippen LogP contribution in [0.2, 0.25) is 0 Å². The van der Waals surface area contributed by atoms with E-state index in [4.69, 9.17) is 5.11 Å². The van der Waals surface area contributed by atoms with Gasteiger partial charge in [-0.1, -0.05) is 20.8 Å². The Morgan fingerprint density at radius 2 is 1.69 bits per heavy atom. The van der Waals surface area contributed by atoms with Crippen molar-refractivity contribution in [2.45, 2.75) is 82.9 Å². The fourth-order valence-electron chi connectivity index (χ4n) is 5.37. The van der Waals surface area contributed by atoms with Crippen LogP contribution in [0.25, 0.3) is 0 Å². The van der Waals surface area contributed by atoms with Gasteiger partial charge in [-0.3, -0.25) is 4.79 Å². The van der Waals surface area contributed by atoms with Gasteiger partial charge < -0.3 is 10.4 Å². The van der Waals surface area contributed by atoms with Gasteiger partial charge >= 0.3 is 5.97 Å². The van der Waals surface area contributed by atoms with E-state index in [1.54, 1.807) is 0 Å². The summed E-state index contributed by atoms with van der Waals surface area (Å²) in [6.45, 7) is 7.98. The Balaban J connectivity index is 1.49. The van der Waals surface area contributed by atoms with Crippen LogP contribution in [0.4, 0.5) is 0 Å². The molecule has 1 heterocycles. The third-order valence-electron chi connectivity index (χ3n) is 7.37. The van der Waals surface area contributed by atoms with Crippen LogP contribution in [-0.4, -0.2) is 42.6 Å². The summed E-state index contributed by atoms with van der Waals surface area (Å²) in [6, 6.07) is 0.216. The molecule has 2 N–H and O–H groups in total. The molecule has 1 aliphatic heterocycles. The lowest BCUT2D eigenvalue weighted by Crippen LogP contribution is -2.59. The normalized spacial score (nSPS) is 40.1. The SMILES string of the molecule is CC(C)(C)C1CCC(CNC2CCS(=O)(=O)C3(C2)CC(C(=O)O)C3)CC1. The van der Waals surface area contributed by atoms with E-state index in [1.165, 1.54) is 25.7 Å². The van der Waals surface area contributed by atoms with Gasteiger partial charge in [0.05, 0.1) is 16.4 Å². The monoisotopic (exact) mass is 385 g/mol. The van der Waals surface area contributed by atoms with E-state index < -0.39 is 26.5 Å². The van der Waals surface area contributed by atoms with Gasteiger partial charge in [-0.25, -0.2) is 8.42 Å². The summed E-state index contributed by atoms with van der Waals surface area (Å²) in [5, 5.41) is 12.8. The van der Waals surface area contributed by atoms with Crippen LogP contribution in [0.1, 0.15) is 72.1 Å². The summed E-state index contributed by atoms with van der Waals surface area (Å²) in [7, 11) is -3.16. The zero-order valence-electron chi connectivity index (χ0n) is 16.5. The topological polar surface area (TPSA) is 83.5 Å². The lowest BCUT2D eigenvalue weighted by Gasteiger charge is -2.49. The summed E-state index contributed by atoms with van der Waals surface area (Å²) in [6.07, 6.45) is 6.96. The quantitative estimate of drug-likeness (QED) is 0.776. The Morgan fingerprint density at radius 1 is 1.08 bits per heavy atom. The molecule has 0 amide bonds. The maximum absolute atomic E-state index is 12.5. The van der Waals surface area contributed by atoms with Gasteiger partial charge in [0, 0.05) is 6.04 Å². The molecule has 1 spiro atoms. The van der Waals surface area contributed by atoms with Gasteiger partial charge in [-0.2, -0.15) is 0 Å². The van der Waals surface area contributed by atoms with Crippen LogP contribution in [0, 0.1) is 23.2 Å². The highest BCUT2D eigenvalue weighted by molar-refractivity contribution is 7.92. The van der Waals surface area contributed by atoms with Crippen molar-refractivity contribution >= 4 is 15.8 Å². The van der Waals surface area contributed by atoms with E-state index in [2.05, 4.69) is 26.1 Å². The van der Waals surface area contributed by atoms with Crippen molar-refractivity contribution in [1.82, 2.24) is 5.32 Å². The van der Waals surface area contributed by atoms with Crippen molar-refractivity contribution in [2.75, 3.05) is 12.3 Å². The standard InChI is InChI=1S/C20H35NO4S/c1-19(2,3)16-6-4-14(5-7-16)13-21-17-8-9-26(24,25)20(12-17)10-15(11-20)18(22)23/h14-17,21H,4-13H2,1-3H3,(H,22,23). The van der Waals surface area contributed by atoms with Crippen LogP contribution in [-0.2, 0) is 14.6 Å². The number of nitrogens with one attached hydrogen (secondary N) is 1. The summed E-state index contributed by atoms with van der Waals surface area (Å²) < 4.78 is 24.3. The maximum atomic E-state index is 12.5. The van der Waals surface area contributed by atoms with Crippen molar-refractivity contribution in [1.29, 1.82) is 0 Å². The van der Waals surface area contributed by atoms with E-state index in [9.17, 15) is 13.2 Å². The molecular formula is C20H35NO4S. The molecule has 0 bridgehead atoms. The number of carboxylic acid groups (broad SMARTS) is 1. The molecule has 5 nitrogen and oxygen atoms in total. The molecule has 0 aromatic heterocycles. The lowest BCUT2D eigenvalue weighted by molar-refractivity contribution is -0.145. The molecule has 6 heteroatoms. The van der Waals surface area contributed by atoms with Crippen molar-refractivity contribution in [3.63, 3.8) is 0 Å². The maximum Gasteiger partial charge on any atom is 0.306 e. The van der Waals surface area contributed by atoms with E-state index in [-0.39, 0.29) is 11.8 Å². The predicted molar refractivity (Wildman–Crippen MR) is 103 cm³/mol. The van der Waals surface area contributed by atoms with Crippen molar-refractivity contribution < 1.29 is 18.3 Å². The van der Waals surface area contributed by atoms with Crippen LogP contribution >= 0.6 is 0 Å². The van der Waals surface area contributed by atoms with Crippen molar-refractivity contribution in [3.05, 3.63) is 0 Å². The molecule has 1 unspecified atom stereocenters. The average molecular weight is 386 g/mol. The Hall–Kier alpha value is -0.620. The van der Waals surface area contributed by atoms with E-state index in [0.29, 0.717) is 37.0 Å². The average Bonchev–Trinajstić information content (AvgIpc) is 2.51. The predicted octanol–water partition coefficient (Wildman–Crippen LogP) is 3.24. The number of aliphatic carboxylic acids is 1. The second-order valence-electron chi connectivity index (χ2n) is 10.1. The molecule has 26 heavy (non-hydrogen) atoms.